The number of fused-ring (bicyclic) bond motifs is 1. The number of hydrogen-bond donors (Lipinski definition) is 1. The Kier molecular flexibility index (Phi) is 2.87. The van der Waals surface area contributed by atoms with Gasteiger partial charge in [0.05, 0.1) is 12.2 Å². The zero-order chi connectivity index (χ0) is 12.0. The molecule has 3 rings (SSSR count). The van der Waals surface area contributed by atoms with Gasteiger partial charge in [0.1, 0.15) is 0 Å². The Bertz CT molecular complexity index is 311. The van der Waals surface area contributed by atoms with Gasteiger partial charge in [0.2, 0.25) is 5.91 Å². The second-order valence-corrected chi connectivity index (χ2v) is 5.97. The number of nitrogens with two attached hydrogens (primary N) is 1. The van der Waals surface area contributed by atoms with Gasteiger partial charge in [0.25, 0.3) is 0 Å². The summed E-state index contributed by atoms with van der Waals surface area (Å²) in [7, 11) is 0. The van der Waals surface area contributed by atoms with Crippen molar-refractivity contribution in [1.82, 2.24) is 4.90 Å². The molecule has 1 saturated heterocycles. The number of nitrogens with zero attached hydrogens (tertiary/aromatic N) is 1. The van der Waals surface area contributed by atoms with Crippen molar-refractivity contribution in [3.63, 3.8) is 0 Å². The molecule has 0 aromatic heterocycles. The summed E-state index contributed by atoms with van der Waals surface area (Å²) in [6, 6.07) is 0. The van der Waals surface area contributed by atoms with Crippen molar-refractivity contribution < 1.29 is 9.53 Å². The Hall–Kier alpha value is -0.610. The molecule has 0 aromatic carbocycles. The molecule has 3 fully saturated rings. The third-order valence-corrected chi connectivity index (χ3v) is 4.49. The number of hydrogen-bond acceptors (Lipinski definition) is 3. The van der Waals surface area contributed by atoms with Crippen LogP contribution in [0.5, 0.6) is 0 Å². The molecule has 2 aliphatic carbocycles. The Morgan fingerprint density at radius 2 is 2.00 bits per heavy atom. The highest BCUT2D eigenvalue weighted by molar-refractivity contribution is 5.79. The lowest BCUT2D eigenvalue weighted by atomic mass is 10.0. The van der Waals surface area contributed by atoms with E-state index in [1.165, 1.54) is 6.42 Å². The quantitative estimate of drug-likeness (QED) is 0.767. The average Bonchev–Trinajstić information content (AvgIpc) is 2.94. The minimum Gasteiger partial charge on any atom is -0.370 e. The van der Waals surface area contributed by atoms with Crippen LogP contribution in [0, 0.1) is 17.8 Å². The lowest BCUT2D eigenvalue weighted by molar-refractivity contribution is -0.148. The highest BCUT2D eigenvalue weighted by atomic mass is 16.5. The Morgan fingerprint density at radius 3 is 2.65 bits per heavy atom. The van der Waals surface area contributed by atoms with Crippen LogP contribution in [-0.2, 0) is 9.53 Å². The first-order valence-corrected chi connectivity index (χ1v) is 6.81. The third kappa shape index (κ3) is 2.20. The molecular weight excluding hydrogens is 216 g/mol. The van der Waals surface area contributed by atoms with Gasteiger partial charge in [-0.1, -0.05) is 0 Å². The van der Waals surface area contributed by atoms with Gasteiger partial charge in [0.15, 0.2) is 0 Å². The lowest BCUT2D eigenvalue weighted by Crippen LogP contribution is -2.52. The van der Waals surface area contributed by atoms with Crippen molar-refractivity contribution in [2.24, 2.45) is 23.5 Å². The van der Waals surface area contributed by atoms with E-state index < -0.39 is 0 Å². The van der Waals surface area contributed by atoms with Gasteiger partial charge in [-0.2, -0.15) is 0 Å². The molecular formula is C13H22N2O2. The summed E-state index contributed by atoms with van der Waals surface area (Å²) >= 11 is 0. The van der Waals surface area contributed by atoms with E-state index in [1.807, 2.05) is 11.8 Å². The number of carbonyl (C=O) groups is 1. The topological polar surface area (TPSA) is 55.6 Å². The van der Waals surface area contributed by atoms with E-state index in [2.05, 4.69) is 0 Å². The minimum atomic E-state index is 0.0265. The summed E-state index contributed by atoms with van der Waals surface area (Å²) in [5, 5.41) is 0. The van der Waals surface area contributed by atoms with Gasteiger partial charge < -0.3 is 15.4 Å². The van der Waals surface area contributed by atoms with Gasteiger partial charge in [0, 0.05) is 25.6 Å². The normalized spacial score (nSPS) is 44.6. The van der Waals surface area contributed by atoms with Gasteiger partial charge in [-0.15, -0.1) is 0 Å². The fourth-order valence-electron chi connectivity index (χ4n) is 3.53. The third-order valence-electron chi connectivity index (χ3n) is 4.49. The maximum atomic E-state index is 12.4. The van der Waals surface area contributed by atoms with Crippen molar-refractivity contribution in [3.8, 4) is 0 Å². The summed E-state index contributed by atoms with van der Waals surface area (Å²) in [5.74, 6) is 2.38. The smallest absolute Gasteiger partial charge is 0.225 e. The number of morpholine rings is 1. The maximum absolute atomic E-state index is 12.4. The molecule has 4 heteroatoms. The molecule has 1 heterocycles. The monoisotopic (exact) mass is 238 g/mol. The minimum absolute atomic E-state index is 0.0265. The maximum Gasteiger partial charge on any atom is 0.225 e. The molecule has 0 radical (unpaired) electrons. The molecule has 4 nitrogen and oxygen atoms in total. The van der Waals surface area contributed by atoms with Gasteiger partial charge in [-0.05, 0) is 38.0 Å². The molecule has 3 aliphatic rings. The fourth-order valence-corrected chi connectivity index (χ4v) is 3.53. The van der Waals surface area contributed by atoms with Gasteiger partial charge in [-0.25, -0.2) is 0 Å². The van der Waals surface area contributed by atoms with Crippen LogP contribution in [0.2, 0.25) is 0 Å². The average molecular weight is 238 g/mol. The summed E-state index contributed by atoms with van der Waals surface area (Å²) < 4.78 is 5.69. The molecule has 0 aromatic rings. The first kappa shape index (κ1) is 11.5. The molecule has 4 unspecified atom stereocenters. The van der Waals surface area contributed by atoms with Crippen LogP contribution in [0.1, 0.15) is 26.2 Å². The molecule has 4 atom stereocenters. The van der Waals surface area contributed by atoms with E-state index in [4.69, 9.17) is 10.5 Å². The molecule has 1 amide bonds. The van der Waals surface area contributed by atoms with E-state index in [1.54, 1.807) is 0 Å². The Morgan fingerprint density at radius 1 is 1.29 bits per heavy atom. The number of amides is 1. The SMILES string of the molecule is CC1CN(C(=O)C2CC3CC3C2)CC(CN)O1. The van der Waals surface area contributed by atoms with Crippen molar-refractivity contribution in [2.45, 2.75) is 38.4 Å². The van der Waals surface area contributed by atoms with E-state index >= 15 is 0 Å². The number of carbonyl (C=O) groups excluding carboxylic acids is 1. The predicted octanol–water partition coefficient (Wildman–Crippen LogP) is 0.607. The molecule has 96 valence electrons. The van der Waals surface area contributed by atoms with Crippen molar-refractivity contribution >= 4 is 5.91 Å². The number of rotatable bonds is 2. The first-order valence-electron chi connectivity index (χ1n) is 6.81. The highest BCUT2D eigenvalue weighted by Crippen LogP contribution is 2.54. The largest absolute Gasteiger partial charge is 0.370 e. The molecule has 1 aliphatic heterocycles. The fraction of sp³-hybridized carbons (Fsp3) is 0.923. The van der Waals surface area contributed by atoms with Crippen LogP contribution < -0.4 is 5.73 Å². The second-order valence-electron chi connectivity index (χ2n) is 5.97. The van der Waals surface area contributed by atoms with Crippen LogP contribution in [0.4, 0.5) is 0 Å². The molecule has 0 bridgehead atoms. The standard InChI is InChI=1S/C13H22N2O2/c1-8-6-15(7-12(5-14)17-8)13(16)11-3-9-2-10(9)4-11/h8-12H,2-7,14H2,1H3. The van der Waals surface area contributed by atoms with Crippen LogP contribution >= 0.6 is 0 Å². The van der Waals surface area contributed by atoms with Crippen molar-refractivity contribution in [1.29, 1.82) is 0 Å². The van der Waals surface area contributed by atoms with Gasteiger partial charge >= 0.3 is 0 Å². The van der Waals surface area contributed by atoms with Crippen LogP contribution in [0.25, 0.3) is 0 Å². The lowest BCUT2D eigenvalue weighted by Gasteiger charge is -2.37. The highest BCUT2D eigenvalue weighted by Gasteiger charge is 2.49. The summed E-state index contributed by atoms with van der Waals surface area (Å²) in [4.78, 5) is 14.4. The van der Waals surface area contributed by atoms with Crippen LogP contribution in [-0.4, -0.2) is 42.6 Å². The zero-order valence-corrected chi connectivity index (χ0v) is 10.5. The van der Waals surface area contributed by atoms with E-state index in [-0.39, 0.29) is 12.2 Å². The molecule has 2 saturated carbocycles. The first-order chi connectivity index (χ1) is 8.17. The molecule has 17 heavy (non-hydrogen) atoms. The second kappa shape index (κ2) is 4.25. The summed E-state index contributed by atoms with van der Waals surface area (Å²) in [6.07, 6.45) is 3.77. The van der Waals surface area contributed by atoms with Crippen molar-refractivity contribution in [2.75, 3.05) is 19.6 Å². The van der Waals surface area contributed by atoms with Crippen LogP contribution in [0.3, 0.4) is 0 Å². The molecule has 0 spiro atoms. The molecule has 2 N–H and O–H groups in total. The summed E-state index contributed by atoms with van der Waals surface area (Å²) in [6.45, 7) is 3.95. The van der Waals surface area contributed by atoms with E-state index in [0.29, 0.717) is 24.9 Å². The van der Waals surface area contributed by atoms with Crippen LogP contribution in [0.15, 0.2) is 0 Å². The summed E-state index contributed by atoms with van der Waals surface area (Å²) in [5.41, 5.74) is 5.65. The van der Waals surface area contributed by atoms with E-state index in [0.717, 1.165) is 31.2 Å². The van der Waals surface area contributed by atoms with Gasteiger partial charge in [-0.3, -0.25) is 4.79 Å². The Labute approximate surface area is 102 Å². The zero-order valence-electron chi connectivity index (χ0n) is 10.5. The Balaban J connectivity index is 1.60. The number of ether oxygens (including phenoxy) is 1. The predicted molar refractivity (Wildman–Crippen MR) is 64.3 cm³/mol. The van der Waals surface area contributed by atoms with E-state index in [9.17, 15) is 4.79 Å². The van der Waals surface area contributed by atoms with Crippen molar-refractivity contribution in [3.05, 3.63) is 0 Å².